The van der Waals surface area contributed by atoms with Crippen molar-refractivity contribution in [3.05, 3.63) is 90.0 Å². The second-order valence-corrected chi connectivity index (χ2v) is 15.5. The Balaban J connectivity index is 1.21. The molecular formula is C40H49F2N5O6. The Hall–Kier alpha value is -5.20. The number of alkyl halides is 2. The molecule has 2 saturated heterocycles. The highest BCUT2D eigenvalue weighted by atomic mass is 19.1. The first kappa shape index (κ1) is 39.0. The van der Waals surface area contributed by atoms with Crippen LogP contribution in [0.25, 0.3) is 0 Å². The Morgan fingerprint density at radius 2 is 1.02 bits per heavy atom. The first-order valence-electron chi connectivity index (χ1n) is 17.8. The van der Waals surface area contributed by atoms with E-state index in [-0.39, 0.29) is 25.9 Å². The smallest absolute Gasteiger partial charge is 0.411 e. The third-order valence-corrected chi connectivity index (χ3v) is 8.67. The maximum atomic E-state index is 14.3. The number of benzene rings is 3. The molecule has 2 aliphatic heterocycles. The largest absolute Gasteiger partial charge is 0.444 e. The first-order valence-corrected chi connectivity index (χ1v) is 17.8. The Morgan fingerprint density at radius 3 is 1.38 bits per heavy atom. The number of halogens is 2. The van der Waals surface area contributed by atoms with Gasteiger partial charge in [0.25, 0.3) is 0 Å². The summed E-state index contributed by atoms with van der Waals surface area (Å²) < 4.78 is 39.4. The van der Waals surface area contributed by atoms with Crippen LogP contribution < -0.4 is 15.5 Å². The number of carbonyl (C=O) groups is 4. The van der Waals surface area contributed by atoms with Crippen LogP contribution in [0.1, 0.15) is 65.5 Å². The molecule has 3 aromatic carbocycles. The van der Waals surface area contributed by atoms with Crippen molar-refractivity contribution in [3.63, 3.8) is 0 Å². The molecule has 284 valence electrons. The number of rotatable bonds is 9. The van der Waals surface area contributed by atoms with Crippen molar-refractivity contribution in [1.29, 1.82) is 0 Å². The molecule has 0 bridgehead atoms. The van der Waals surface area contributed by atoms with Crippen LogP contribution >= 0.6 is 0 Å². The minimum absolute atomic E-state index is 0.102. The molecule has 3 aromatic rings. The quantitative estimate of drug-likeness (QED) is 0.234. The lowest BCUT2D eigenvalue weighted by molar-refractivity contribution is -0.121. The normalized spacial score (nSPS) is 20.2. The molecule has 2 heterocycles. The van der Waals surface area contributed by atoms with Gasteiger partial charge in [-0.25, -0.2) is 18.4 Å². The van der Waals surface area contributed by atoms with E-state index in [1.54, 1.807) is 65.8 Å². The third-order valence-electron chi connectivity index (χ3n) is 8.67. The van der Waals surface area contributed by atoms with E-state index in [0.29, 0.717) is 24.5 Å². The van der Waals surface area contributed by atoms with E-state index in [1.165, 1.54) is 0 Å². The third kappa shape index (κ3) is 10.9. The number of para-hydroxylation sites is 1. The average Bonchev–Trinajstić information content (AvgIpc) is 3.68. The number of ether oxygens (including phenoxy) is 2. The van der Waals surface area contributed by atoms with Crippen molar-refractivity contribution in [3.8, 4) is 0 Å². The molecular weight excluding hydrogens is 684 g/mol. The van der Waals surface area contributed by atoms with E-state index in [1.807, 2.05) is 54.6 Å². The first-order chi connectivity index (χ1) is 24.9. The lowest BCUT2D eigenvalue weighted by atomic mass is 10.1. The molecule has 13 heteroatoms. The Bertz CT molecular complexity index is 1630. The van der Waals surface area contributed by atoms with Gasteiger partial charge >= 0.3 is 12.2 Å². The number of anilines is 3. The molecule has 0 aliphatic carbocycles. The molecule has 2 fully saturated rings. The van der Waals surface area contributed by atoms with Crippen LogP contribution in [0.2, 0.25) is 0 Å². The van der Waals surface area contributed by atoms with Gasteiger partial charge < -0.3 is 25.0 Å². The highest BCUT2D eigenvalue weighted by Crippen LogP contribution is 2.27. The zero-order valence-corrected chi connectivity index (χ0v) is 31.1. The van der Waals surface area contributed by atoms with Gasteiger partial charge in [0.1, 0.15) is 35.6 Å². The van der Waals surface area contributed by atoms with Crippen LogP contribution in [0.3, 0.4) is 0 Å². The van der Waals surface area contributed by atoms with Crippen molar-refractivity contribution in [1.82, 2.24) is 9.80 Å². The maximum absolute atomic E-state index is 14.3. The monoisotopic (exact) mass is 733 g/mol. The van der Waals surface area contributed by atoms with Crippen LogP contribution in [0.5, 0.6) is 0 Å². The molecule has 11 nitrogen and oxygen atoms in total. The predicted molar refractivity (Wildman–Crippen MR) is 199 cm³/mol. The number of nitrogens with one attached hydrogen (secondary N) is 2. The van der Waals surface area contributed by atoms with Crippen molar-refractivity contribution < 1.29 is 37.4 Å². The van der Waals surface area contributed by atoms with E-state index in [2.05, 4.69) is 15.5 Å². The van der Waals surface area contributed by atoms with Crippen molar-refractivity contribution in [2.45, 2.75) is 103 Å². The fourth-order valence-electron chi connectivity index (χ4n) is 6.27. The van der Waals surface area contributed by atoms with Gasteiger partial charge in [-0.05, 0) is 89.1 Å². The molecule has 53 heavy (non-hydrogen) atoms. The number of likely N-dealkylation sites (tertiary alicyclic amines) is 2. The van der Waals surface area contributed by atoms with Crippen molar-refractivity contribution in [2.75, 3.05) is 28.6 Å². The van der Waals surface area contributed by atoms with Gasteiger partial charge in [0.05, 0.1) is 13.1 Å². The SMILES string of the molecule is CC(C)(C)OC(=O)N1C[C@@H](F)C[C@H]1C(=O)Nc1ccc(CN(Cc2ccc(NC(=O)[C@@H]3C[C@H](F)CN3C(=O)OC(C)(C)C)cc2)c2ccccc2)cc1. The molecule has 4 amide bonds. The summed E-state index contributed by atoms with van der Waals surface area (Å²) in [7, 11) is 0. The zero-order chi connectivity index (χ0) is 38.5. The Labute approximate surface area is 309 Å². The van der Waals surface area contributed by atoms with Gasteiger partial charge in [-0.3, -0.25) is 19.4 Å². The summed E-state index contributed by atoms with van der Waals surface area (Å²) >= 11 is 0. The number of nitrogens with zero attached hydrogens (tertiary/aromatic N) is 3. The van der Waals surface area contributed by atoms with Crippen molar-refractivity contribution >= 4 is 41.1 Å². The number of hydrogen-bond donors (Lipinski definition) is 2. The summed E-state index contributed by atoms with van der Waals surface area (Å²) in [5.74, 6) is -0.964. The highest BCUT2D eigenvalue weighted by molar-refractivity contribution is 5.97. The zero-order valence-electron chi connectivity index (χ0n) is 31.1. The molecule has 0 aromatic heterocycles. The van der Waals surface area contributed by atoms with Gasteiger partial charge in [-0.2, -0.15) is 0 Å². The average molecular weight is 734 g/mol. The molecule has 0 unspecified atom stereocenters. The maximum Gasteiger partial charge on any atom is 0.411 e. The second kappa shape index (κ2) is 16.2. The topological polar surface area (TPSA) is 121 Å². The van der Waals surface area contributed by atoms with Gasteiger partial charge in [0, 0.05) is 43.0 Å². The number of amides is 4. The summed E-state index contributed by atoms with van der Waals surface area (Å²) in [4.78, 5) is 56.1. The lowest BCUT2D eigenvalue weighted by Crippen LogP contribution is -2.45. The van der Waals surface area contributed by atoms with E-state index in [9.17, 15) is 28.0 Å². The minimum atomic E-state index is -1.32. The molecule has 4 atom stereocenters. The van der Waals surface area contributed by atoms with E-state index < -0.39 is 59.6 Å². The Kier molecular flexibility index (Phi) is 11.9. The molecule has 0 saturated carbocycles. The molecule has 2 aliphatic rings. The number of carbonyl (C=O) groups excluding carboxylic acids is 4. The van der Waals surface area contributed by atoms with Gasteiger partial charge in [0.2, 0.25) is 11.8 Å². The molecule has 0 radical (unpaired) electrons. The molecule has 5 rings (SSSR count). The van der Waals surface area contributed by atoms with E-state index in [0.717, 1.165) is 26.6 Å². The van der Waals surface area contributed by atoms with Crippen LogP contribution in [0.15, 0.2) is 78.9 Å². The summed E-state index contributed by atoms with van der Waals surface area (Å²) in [5, 5.41) is 5.63. The summed E-state index contributed by atoms with van der Waals surface area (Å²) in [6, 6.07) is 22.6. The summed E-state index contributed by atoms with van der Waals surface area (Å²) in [5.41, 5.74) is 2.40. The van der Waals surface area contributed by atoms with Crippen LogP contribution in [-0.2, 0) is 32.2 Å². The Morgan fingerprint density at radius 1 is 0.642 bits per heavy atom. The fraction of sp³-hybridized carbons (Fsp3) is 0.450. The van der Waals surface area contributed by atoms with E-state index in [4.69, 9.17) is 9.47 Å². The van der Waals surface area contributed by atoms with Crippen LogP contribution in [0, 0.1) is 0 Å². The number of hydrogen-bond acceptors (Lipinski definition) is 7. The standard InChI is InChI=1S/C40H49F2N5O6/c1-39(2,3)52-37(50)46-24-28(41)20-33(46)35(48)43-30-16-12-26(13-17-30)22-45(32-10-8-7-9-11-32)23-27-14-18-31(19-15-27)44-36(49)34-21-29(42)25-47(34)38(51)53-40(4,5)6/h7-19,28-29,33-34H,20-25H2,1-6H3,(H,43,48)(H,44,49)/t28-,29-,33-,34-/m0/s1. The predicted octanol–water partition coefficient (Wildman–Crippen LogP) is 7.47. The van der Waals surface area contributed by atoms with Crippen molar-refractivity contribution in [2.24, 2.45) is 0 Å². The molecule has 0 spiro atoms. The van der Waals surface area contributed by atoms with Crippen LogP contribution in [-0.4, -0.2) is 82.5 Å². The van der Waals surface area contributed by atoms with Gasteiger partial charge in [-0.1, -0.05) is 42.5 Å². The minimum Gasteiger partial charge on any atom is -0.444 e. The second-order valence-electron chi connectivity index (χ2n) is 15.5. The van der Waals surface area contributed by atoms with Gasteiger partial charge in [0.15, 0.2) is 0 Å². The molecule has 2 N–H and O–H groups in total. The van der Waals surface area contributed by atoms with E-state index >= 15 is 0 Å². The summed E-state index contributed by atoms with van der Waals surface area (Å²) in [6.45, 7) is 11.0. The summed E-state index contributed by atoms with van der Waals surface area (Å²) in [6.07, 6.45) is -4.29. The van der Waals surface area contributed by atoms with Gasteiger partial charge in [-0.15, -0.1) is 0 Å². The van der Waals surface area contributed by atoms with Crippen LogP contribution in [0.4, 0.5) is 35.4 Å². The fourth-order valence-corrected chi connectivity index (χ4v) is 6.27. The highest BCUT2D eigenvalue weighted by Gasteiger charge is 2.43. The lowest BCUT2D eigenvalue weighted by Gasteiger charge is -2.28.